The Morgan fingerprint density at radius 2 is 1.83 bits per heavy atom. The number of nitro groups is 1. The SMILES string of the molecule is CC(C)c1nc2ccccc2c(=O)n1N=Cc1ccccc1OC(=O)/C=C/c1cccc([N+](=O)[O-])c1. The first-order valence-electron chi connectivity index (χ1n) is 11.1. The van der Waals surface area contributed by atoms with E-state index in [4.69, 9.17) is 4.74 Å². The van der Waals surface area contributed by atoms with Crippen LogP contribution in [0.5, 0.6) is 5.75 Å². The van der Waals surface area contributed by atoms with E-state index in [1.54, 1.807) is 48.5 Å². The maximum absolute atomic E-state index is 13.1. The van der Waals surface area contributed by atoms with Gasteiger partial charge in [-0.2, -0.15) is 9.78 Å². The van der Waals surface area contributed by atoms with Crippen LogP contribution in [0.1, 0.15) is 36.7 Å². The van der Waals surface area contributed by atoms with Crippen LogP contribution in [0.25, 0.3) is 17.0 Å². The third-order valence-electron chi connectivity index (χ3n) is 5.23. The monoisotopic (exact) mass is 482 g/mol. The van der Waals surface area contributed by atoms with Crippen molar-refractivity contribution in [2.24, 2.45) is 5.10 Å². The van der Waals surface area contributed by atoms with E-state index in [1.165, 1.54) is 41.2 Å². The van der Waals surface area contributed by atoms with Crippen molar-refractivity contribution >= 4 is 34.9 Å². The van der Waals surface area contributed by atoms with Crippen molar-refractivity contribution in [2.75, 3.05) is 0 Å². The molecule has 0 spiro atoms. The van der Waals surface area contributed by atoms with Gasteiger partial charge in [0.25, 0.3) is 11.2 Å². The van der Waals surface area contributed by atoms with Gasteiger partial charge in [0.2, 0.25) is 0 Å². The molecule has 9 nitrogen and oxygen atoms in total. The van der Waals surface area contributed by atoms with Crippen LogP contribution in [-0.2, 0) is 4.79 Å². The number of hydrogen-bond acceptors (Lipinski definition) is 7. The number of benzene rings is 3. The lowest BCUT2D eigenvalue weighted by Gasteiger charge is -2.12. The number of esters is 1. The van der Waals surface area contributed by atoms with E-state index >= 15 is 0 Å². The highest BCUT2D eigenvalue weighted by atomic mass is 16.6. The predicted octanol–water partition coefficient (Wildman–Crippen LogP) is 4.93. The van der Waals surface area contributed by atoms with Crippen molar-refractivity contribution in [3.63, 3.8) is 0 Å². The van der Waals surface area contributed by atoms with Gasteiger partial charge in [-0.25, -0.2) is 9.78 Å². The Bertz CT molecular complexity index is 1570. The molecule has 4 rings (SSSR count). The molecule has 0 amide bonds. The summed E-state index contributed by atoms with van der Waals surface area (Å²) in [5.74, 6) is 0.00777. The van der Waals surface area contributed by atoms with Crippen LogP contribution in [0.4, 0.5) is 5.69 Å². The number of carbonyl (C=O) groups is 1. The van der Waals surface area contributed by atoms with Gasteiger partial charge in [-0.3, -0.25) is 14.9 Å². The molecular formula is C27H22N4O5. The van der Waals surface area contributed by atoms with E-state index < -0.39 is 10.9 Å². The van der Waals surface area contributed by atoms with E-state index in [0.717, 1.165) is 0 Å². The van der Waals surface area contributed by atoms with E-state index in [2.05, 4.69) is 10.1 Å². The zero-order chi connectivity index (χ0) is 25.7. The van der Waals surface area contributed by atoms with E-state index in [1.807, 2.05) is 19.9 Å². The van der Waals surface area contributed by atoms with Crippen LogP contribution in [-0.4, -0.2) is 26.8 Å². The maximum Gasteiger partial charge on any atom is 0.336 e. The number of aromatic nitrogens is 2. The summed E-state index contributed by atoms with van der Waals surface area (Å²) in [7, 11) is 0. The number of fused-ring (bicyclic) bond motifs is 1. The third-order valence-corrected chi connectivity index (χ3v) is 5.23. The van der Waals surface area contributed by atoms with Gasteiger partial charge in [-0.05, 0) is 35.9 Å². The van der Waals surface area contributed by atoms with Crippen LogP contribution in [0, 0.1) is 10.1 Å². The largest absolute Gasteiger partial charge is 0.423 e. The lowest BCUT2D eigenvalue weighted by Crippen LogP contribution is -2.23. The molecule has 0 bridgehead atoms. The number of carbonyl (C=O) groups excluding carboxylic acids is 1. The van der Waals surface area contributed by atoms with Crippen molar-refractivity contribution in [1.29, 1.82) is 0 Å². The molecule has 0 saturated heterocycles. The fourth-order valence-corrected chi connectivity index (χ4v) is 3.47. The summed E-state index contributed by atoms with van der Waals surface area (Å²) in [5, 5.41) is 15.8. The van der Waals surface area contributed by atoms with Crippen LogP contribution in [0.3, 0.4) is 0 Å². The summed E-state index contributed by atoms with van der Waals surface area (Å²) in [6, 6.07) is 19.7. The summed E-state index contributed by atoms with van der Waals surface area (Å²) in [6.45, 7) is 3.85. The third kappa shape index (κ3) is 5.41. The van der Waals surface area contributed by atoms with Crippen molar-refractivity contribution in [3.05, 3.63) is 116 Å². The minimum atomic E-state index is -0.672. The second-order valence-electron chi connectivity index (χ2n) is 8.15. The highest BCUT2D eigenvalue weighted by Gasteiger charge is 2.13. The van der Waals surface area contributed by atoms with Crippen molar-refractivity contribution in [3.8, 4) is 5.75 Å². The predicted molar refractivity (Wildman–Crippen MR) is 137 cm³/mol. The van der Waals surface area contributed by atoms with Crippen molar-refractivity contribution in [2.45, 2.75) is 19.8 Å². The summed E-state index contributed by atoms with van der Waals surface area (Å²) in [6.07, 6.45) is 4.06. The quantitative estimate of drug-likeness (QED) is 0.0921. The Morgan fingerprint density at radius 3 is 2.61 bits per heavy atom. The highest BCUT2D eigenvalue weighted by molar-refractivity contribution is 5.91. The number of rotatable bonds is 7. The maximum atomic E-state index is 13.1. The Hall–Kier alpha value is -4.92. The molecular weight excluding hydrogens is 460 g/mol. The van der Waals surface area contributed by atoms with E-state index in [-0.39, 0.29) is 22.9 Å². The zero-order valence-corrected chi connectivity index (χ0v) is 19.6. The Kier molecular flexibility index (Phi) is 7.10. The van der Waals surface area contributed by atoms with E-state index in [9.17, 15) is 19.7 Å². The highest BCUT2D eigenvalue weighted by Crippen LogP contribution is 2.19. The van der Waals surface area contributed by atoms with Crippen molar-refractivity contribution in [1.82, 2.24) is 9.66 Å². The molecule has 0 aliphatic carbocycles. The first-order chi connectivity index (χ1) is 17.3. The molecule has 0 atom stereocenters. The van der Waals surface area contributed by atoms with Gasteiger partial charge in [-0.15, -0.1) is 0 Å². The molecule has 3 aromatic carbocycles. The molecule has 0 fully saturated rings. The topological polar surface area (TPSA) is 117 Å². The Morgan fingerprint density at radius 1 is 1.08 bits per heavy atom. The lowest BCUT2D eigenvalue weighted by atomic mass is 10.2. The zero-order valence-electron chi connectivity index (χ0n) is 19.6. The first kappa shape index (κ1) is 24.2. The number of ether oxygens (including phenoxy) is 1. The molecule has 1 heterocycles. The average Bonchev–Trinajstić information content (AvgIpc) is 2.87. The molecule has 4 aromatic rings. The molecule has 0 N–H and O–H groups in total. The average molecular weight is 482 g/mol. The molecule has 180 valence electrons. The van der Waals surface area contributed by atoms with Gasteiger partial charge >= 0.3 is 5.97 Å². The Labute approximate surface area is 206 Å². The van der Waals surface area contributed by atoms with Gasteiger partial charge in [0, 0.05) is 29.7 Å². The molecule has 0 unspecified atom stereocenters. The molecule has 1 aromatic heterocycles. The van der Waals surface area contributed by atoms with Gasteiger partial charge in [-0.1, -0.05) is 50.2 Å². The molecule has 0 saturated carbocycles. The van der Waals surface area contributed by atoms with Gasteiger partial charge < -0.3 is 4.74 Å². The normalized spacial score (nSPS) is 11.5. The van der Waals surface area contributed by atoms with Crippen molar-refractivity contribution < 1.29 is 14.5 Å². The molecule has 0 aliphatic heterocycles. The molecule has 0 radical (unpaired) electrons. The first-order valence-corrected chi connectivity index (χ1v) is 11.1. The fraction of sp³-hybridized carbons (Fsp3) is 0.111. The summed E-state index contributed by atoms with van der Waals surface area (Å²) >= 11 is 0. The smallest absolute Gasteiger partial charge is 0.336 e. The number of non-ortho nitro benzene ring substituents is 1. The number of nitro benzene ring substituents is 1. The van der Waals surface area contributed by atoms with Gasteiger partial charge in [0.1, 0.15) is 11.6 Å². The minimum Gasteiger partial charge on any atom is -0.423 e. The number of hydrogen-bond donors (Lipinski definition) is 0. The molecule has 36 heavy (non-hydrogen) atoms. The van der Waals surface area contributed by atoms with Crippen LogP contribution in [0.15, 0.2) is 88.8 Å². The van der Waals surface area contributed by atoms with Crippen LogP contribution in [0.2, 0.25) is 0 Å². The second kappa shape index (κ2) is 10.6. The van der Waals surface area contributed by atoms with Gasteiger partial charge in [0.05, 0.1) is 22.0 Å². The lowest BCUT2D eigenvalue weighted by molar-refractivity contribution is -0.384. The second-order valence-corrected chi connectivity index (χ2v) is 8.15. The fourth-order valence-electron chi connectivity index (χ4n) is 3.47. The summed E-state index contributed by atoms with van der Waals surface area (Å²) < 4.78 is 6.72. The number of para-hydroxylation sites is 2. The molecule has 0 aliphatic rings. The standard InChI is InChI=1S/C27H22N4O5/c1-18(2)26-29-23-12-5-4-11-22(23)27(33)30(26)28-17-20-9-3-6-13-24(20)36-25(32)15-14-19-8-7-10-21(16-19)31(34)35/h3-18H,1-2H3/b15-14+,28-17?. The minimum absolute atomic E-state index is 0.0634. The molecule has 9 heteroatoms. The number of nitrogens with zero attached hydrogens (tertiary/aromatic N) is 4. The summed E-state index contributed by atoms with van der Waals surface area (Å²) in [5.41, 5.74) is 1.19. The Balaban J connectivity index is 1.60. The van der Waals surface area contributed by atoms with Crippen LogP contribution < -0.4 is 10.3 Å². The van der Waals surface area contributed by atoms with Gasteiger partial charge in [0.15, 0.2) is 0 Å². The summed E-state index contributed by atoms with van der Waals surface area (Å²) in [4.78, 5) is 40.5. The van der Waals surface area contributed by atoms with E-state index in [0.29, 0.717) is 27.9 Å². The van der Waals surface area contributed by atoms with Crippen LogP contribution >= 0.6 is 0 Å².